The van der Waals surface area contributed by atoms with Crippen molar-refractivity contribution in [2.75, 3.05) is 31.1 Å². The van der Waals surface area contributed by atoms with E-state index in [1.54, 1.807) is 30.0 Å². The average molecular weight is 536 g/mol. The molecule has 3 rings (SSSR count). The van der Waals surface area contributed by atoms with Crippen LogP contribution in [0.3, 0.4) is 0 Å². The molecule has 1 heterocycles. The van der Waals surface area contributed by atoms with Gasteiger partial charge in [0.15, 0.2) is 0 Å². The molecule has 2 aromatic rings. The third-order valence-corrected chi connectivity index (χ3v) is 7.56. The van der Waals surface area contributed by atoms with Crippen molar-refractivity contribution in [3.8, 4) is 0 Å². The predicted molar refractivity (Wildman–Crippen MR) is 145 cm³/mol. The molecular weight excluding hydrogens is 499 g/mol. The van der Waals surface area contributed by atoms with Crippen molar-refractivity contribution in [1.82, 2.24) is 10.2 Å². The Hall–Kier alpha value is -2.32. The molecule has 196 valence electrons. The molecule has 7 nitrogen and oxygen atoms in total. The highest BCUT2D eigenvalue weighted by molar-refractivity contribution is 6.35. The fraction of sp³-hybridized carbons (Fsp3) is 0.481. The van der Waals surface area contributed by atoms with E-state index in [1.807, 2.05) is 38.1 Å². The van der Waals surface area contributed by atoms with Crippen LogP contribution < -0.4 is 16.0 Å². The molecule has 4 N–H and O–H groups in total. The van der Waals surface area contributed by atoms with Crippen LogP contribution >= 0.6 is 23.2 Å². The maximum absolute atomic E-state index is 13.5. The number of piperazine rings is 1. The molecule has 0 radical (unpaired) electrons. The Bertz CT molecular complexity index is 1070. The molecule has 0 aliphatic carbocycles. The number of halogens is 2. The van der Waals surface area contributed by atoms with E-state index < -0.39 is 23.6 Å². The number of hydrogen-bond acceptors (Lipinski definition) is 5. The molecule has 2 aromatic carbocycles. The second-order valence-electron chi connectivity index (χ2n) is 9.36. The molecule has 1 saturated heterocycles. The van der Waals surface area contributed by atoms with Crippen LogP contribution in [0.4, 0.5) is 5.69 Å². The van der Waals surface area contributed by atoms with Gasteiger partial charge >= 0.3 is 0 Å². The highest BCUT2D eigenvalue weighted by Crippen LogP contribution is 2.36. The number of rotatable bonds is 9. The summed E-state index contributed by atoms with van der Waals surface area (Å²) >= 11 is 12.4. The van der Waals surface area contributed by atoms with Gasteiger partial charge in [-0.25, -0.2) is 0 Å². The second kappa shape index (κ2) is 12.3. The van der Waals surface area contributed by atoms with Crippen molar-refractivity contribution in [2.45, 2.75) is 57.7 Å². The van der Waals surface area contributed by atoms with Crippen molar-refractivity contribution >= 4 is 40.7 Å². The van der Waals surface area contributed by atoms with Gasteiger partial charge in [-0.15, -0.1) is 0 Å². The number of nitrogens with two attached hydrogens (primary N) is 1. The Morgan fingerprint density at radius 2 is 1.72 bits per heavy atom. The van der Waals surface area contributed by atoms with Crippen molar-refractivity contribution in [2.24, 2.45) is 5.73 Å². The summed E-state index contributed by atoms with van der Waals surface area (Å²) < 4.78 is 0. The predicted octanol–water partition coefficient (Wildman–Crippen LogP) is 3.72. The zero-order chi connectivity index (χ0) is 26.5. The molecule has 0 spiro atoms. The fourth-order valence-electron chi connectivity index (χ4n) is 4.57. The molecule has 1 aliphatic heterocycles. The van der Waals surface area contributed by atoms with Crippen LogP contribution in [0.5, 0.6) is 0 Å². The minimum atomic E-state index is -0.893. The van der Waals surface area contributed by atoms with Gasteiger partial charge in [-0.1, -0.05) is 61.3 Å². The zero-order valence-corrected chi connectivity index (χ0v) is 22.6. The maximum atomic E-state index is 13.5. The van der Waals surface area contributed by atoms with Crippen molar-refractivity contribution in [1.29, 1.82) is 0 Å². The van der Waals surface area contributed by atoms with Crippen molar-refractivity contribution in [3.05, 3.63) is 63.6 Å². The van der Waals surface area contributed by atoms with Gasteiger partial charge in [-0.05, 0) is 43.5 Å². The van der Waals surface area contributed by atoms with Crippen LogP contribution in [0.2, 0.25) is 10.0 Å². The van der Waals surface area contributed by atoms with Crippen LogP contribution in [-0.2, 0) is 21.6 Å². The van der Waals surface area contributed by atoms with Crippen LogP contribution in [0.1, 0.15) is 44.7 Å². The first-order valence-electron chi connectivity index (χ1n) is 12.4. The molecule has 9 heteroatoms. The highest BCUT2D eigenvalue weighted by atomic mass is 35.5. The maximum Gasteiger partial charge on any atom is 0.245 e. The summed E-state index contributed by atoms with van der Waals surface area (Å²) in [5.74, 6) is -0.578. The van der Waals surface area contributed by atoms with E-state index >= 15 is 0 Å². The van der Waals surface area contributed by atoms with Crippen LogP contribution in [0, 0.1) is 0 Å². The lowest BCUT2D eigenvalue weighted by atomic mass is 9.87. The Labute approximate surface area is 223 Å². The van der Waals surface area contributed by atoms with E-state index in [0.29, 0.717) is 49.1 Å². The molecular formula is C27H36Cl2N4O3. The smallest absolute Gasteiger partial charge is 0.245 e. The SMILES string of the molecule is CCC(O)(CC)c1ccccc1N1CCN(C(=O)[C@@H](Cc2ccc(Cl)cc2Cl)NC(=O)[C@@H](C)N)CC1. The van der Waals surface area contributed by atoms with E-state index in [4.69, 9.17) is 28.9 Å². The summed E-state index contributed by atoms with van der Waals surface area (Å²) in [6.45, 7) is 7.76. The molecule has 36 heavy (non-hydrogen) atoms. The largest absolute Gasteiger partial charge is 0.385 e. The van der Waals surface area contributed by atoms with Gasteiger partial charge in [0.1, 0.15) is 6.04 Å². The summed E-state index contributed by atoms with van der Waals surface area (Å²) in [5, 5.41) is 14.9. The molecule has 0 unspecified atom stereocenters. The van der Waals surface area contributed by atoms with Gasteiger partial charge in [0, 0.05) is 53.9 Å². The number of carbonyl (C=O) groups excluding carboxylic acids is 2. The number of nitrogens with one attached hydrogen (secondary N) is 1. The van der Waals surface area contributed by atoms with E-state index in [-0.39, 0.29) is 12.3 Å². The highest BCUT2D eigenvalue weighted by Gasteiger charge is 2.33. The normalized spacial score (nSPS) is 16.0. The number of amides is 2. The first-order chi connectivity index (χ1) is 17.1. The summed E-state index contributed by atoms with van der Waals surface area (Å²) in [4.78, 5) is 29.9. The van der Waals surface area contributed by atoms with Gasteiger partial charge in [0.25, 0.3) is 0 Å². The zero-order valence-electron chi connectivity index (χ0n) is 21.1. The third kappa shape index (κ3) is 6.51. The van der Waals surface area contributed by atoms with Gasteiger partial charge in [-0.2, -0.15) is 0 Å². The number of carbonyl (C=O) groups is 2. The Morgan fingerprint density at radius 3 is 2.31 bits per heavy atom. The van der Waals surface area contributed by atoms with Crippen molar-refractivity contribution < 1.29 is 14.7 Å². The fourth-order valence-corrected chi connectivity index (χ4v) is 5.06. The molecule has 2 amide bonds. The van der Waals surface area contributed by atoms with Gasteiger partial charge in [-0.3, -0.25) is 9.59 Å². The number of para-hydroxylation sites is 1. The minimum absolute atomic E-state index is 0.179. The summed E-state index contributed by atoms with van der Waals surface area (Å²) in [7, 11) is 0. The topological polar surface area (TPSA) is 98.9 Å². The van der Waals surface area contributed by atoms with Gasteiger partial charge in [0.05, 0.1) is 11.6 Å². The lowest BCUT2D eigenvalue weighted by Gasteiger charge is -2.40. The molecule has 1 aliphatic rings. The van der Waals surface area contributed by atoms with E-state index in [1.165, 1.54) is 0 Å². The summed E-state index contributed by atoms with van der Waals surface area (Å²) in [6.07, 6.45) is 1.47. The first kappa shape index (κ1) is 28.3. The quantitative estimate of drug-likeness (QED) is 0.455. The Morgan fingerprint density at radius 1 is 1.08 bits per heavy atom. The Balaban J connectivity index is 1.76. The molecule has 1 fully saturated rings. The van der Waals surface area contributed by atoms with E-state index in [0.717, 1.165) is 16.8 Å². The van der Waals surface area contributed by atoms with Crippen LogP contribution in [0.25, 0.3) is 0 Å². The lowest BCUT2D eigenvalue weighted by molar-refractivity contribution is -0.136. The standard InChI is InChI=1S/C27H36Cl2N4O3/c1-4-27(36,5-2)21-8-6-7-9-24(21)32-12-14-33(15-13-32)26(35)23(31-25(34)18(3)30)16-19-10-11-20(28)17-22(19)29/h6-11,17-18,23,36H,4-5,12-16,30H2,1-3H3,(H,31,34)/t18-,23-/m1/s1. The summed E-state index contributed by atoms with van der Waals surface area (Å²) in [6, 6.07) is 11.5. The first-order valence-corrected chi connectivity index (χ1v) is 13.2. The molecule has 0 saturated carbocycles. The molecule has 0 bridgehead atoms. The number of anilines is 1. The number of benzene rings is 2. The monoisotopic (exact) mass is 534 g/mol. The number of aliphatic hydroxyl groups is 1. The van der Waals surface area contributed by atoms with Crippen LogP contribution in [-0.4, -0.2) is 60.1 Å². The third-order valence-electron chi connectivity index (χ3n) is 6.97. The van der Waals surface area contributed by atoms with Crippen LogP contribution in [0.15, 0.2) is 42.5 Å². The molecule has 0 aromatic heterocycles. The van der Waals surface area contributed by atoms with E-state index in [9.17, 15) is 14.7 Å². The summed E-state index contributed by atoms with van der Waals surface area (Å²) in [5.41, 5.74) is 7.48. The lowest BCUT2D eigenvalue weighted by Crippen LogP contribution is -2.57. The number of hydrogen-bond donors (Lipinski definition) is 3. The average Bonchev–Trinajstić information content (AvgIpc) is 2.88. The minimum Gasteiger partial charge on any atom is -0.385 e. The molecule has 2 atom stereocenters. The number of nitrogens with zero attached hydrogens (tertiary/aromatic N) is 2. The van der Waals surface area contributed by atoms with Gasteiger partial charge < -0.3 is 26.0 Å². The second-order valence-corrected chi connectivity index (χ2v) is 10.2. The van der Waals surface area contributed by atoms with E-state index in [2.05, 4.69) is 10.2 Å². The van der Waals surface area contributed by atoms with Crippen molar-refractivity contribution in [3.63, 3.8) is 0 Å². The van der Waals surface area contributed by atoms with Gasteiger partial charge in [0.2, 0.25) is 11.8 Å². The Kier molecular flexibility index (Phi) is 9.64.